The zero-order valence-corrected chi connectivity index (χ0v) is 80.4. The molecular formula is C91H148N6O29. The summed E-state index contributed by atoms with van der Waals surface area (Å²) in [4.78, 5) is 134. The molecule has 35 nitrogen and oxygen atoms in total. The van der Waals surface area contributed by atoms with Gasteiger partial charge in [-0.3, -0.25) is 38.5 Å². The number of methoxy groups -OCH3 is 4. The van der Waals surface area contributed by atoms with Gasteiger partial charge in [-0.2, -0.15) is 0 Å². The number of cyclic esters (lactones) is 2. The molecule has 1 aromatic heterocycles. The summed E-state index contributed by atoms with van der Waals surface area (Å²) in [6.07, 6.45) is -6.82. The monoisotopic (exact) mass is 1790 g/mol. The van der Waals surface area contributed by atoms with Crippen molar-refractivity contribution in [1.29, 1.82) is 0 Å². The fourth-order valence-electron chi connectivity index (χ4n) is 21.1. The van der Waals surface area contributed by atoms with Crippen LogP contribution in [-0.4, -0.2) is 322 Å². The number of esters is 4. The van der Waals surface area contributed by atoms with Gasteiger partial charge in [0.25, 0.3) is 0 Å². The Morgan fingerprint density at radius 2 is 1.01 bits per heavy atom. The molecular weight excluding hydrogens is 1640 g/mol. The molecule has 35 heteroatoms. The van der Waals surface area contributed by atoms with Crippen LogP contribution < -0.4 is 5.32 Å². The summed E-state index contributed by atoms with van der Waals surface area (Å²) >= 11 is 0. The molecule has 10 heterocycles. The molecule has 0 radical (unpaired) electrons. The van der Waals surface area contributed by atoms with Crippen molar-refractivity contribution in [2.75, 3.05) is 82.9 Å². The van der Waals surface area contributed by atoms with Crippen LogP contribution >= 0.6 is 0 Å². The van der Waals surface area contributed by atoms with Crippen LogP contribution in [0.1, 0.15) is 211 Å². The van der Waals surface area contributed by atoms with Gasteiger partial charge < -0.3 is 110 Å². The van der Waals surface area contributed by atoms with E-state index in [4.69, 9.17) is 94.7 Å². The van der Waals surface area contributed by atoms with Crippen LogP contribution in [0.5, 0.6) is 0 Å². The summed E-state index contributed by atoms with van der Waals surface area (Å²) in [5.41, 5.74) is -8.36. The number of aromatic nitrogens is 2. The summed E-state index contributed by atoms with van der Waals surface area (Å²) < 4.78 is 129. The number of hydrogen-bond donors (Lipinski definition) is 1. The van der Waals surface area contributed by atoms with Crippen molar-refractivity contribution in [2.24, 2.45) is 41.4 Å². The predicted octanol–water partition coefficient (Wildman–Crippen LogP) is 9.28. The summed E-state index contributed by atoms with van der Waals surface area (Å²) in [5.74, 6) is -9.06. The van der Waals surface area contributed by atoms with Gasteiger partial charge in [0.15, 0.2) is 54.4 Å². The number of Topliss-reactive ketones (excluding diaryl/α,β-unsaturated/α-hetero) is 2. The van der Waals surface area contributed by atoms with E-state index in [9.17, 15) is 43.2 Å². The first-order valence-corrected chi connectivity index (χ1v) is 44.9. The third-order valence-corrected chi connectivity index (χ3v) is 28.8. The minimum absolute atomic E-state index is 0.0924. The van der Waals surface area contributed by atoms with Crippen molar-refractivity contribution >= 4 is 53.5 Å². The van der Waals surface area contributed by atoms with Gasteiger partial charge in [-0.25, -0.2) is 19.1 Å². The Hall–Kier alpha value is -6.26. The molecule has 8 fully saturated rings. The van der Waals surface area contributed by atoms with Crippen molar-refractivity contribution in [3.63, 3.8) is 0 Å². The predicted molar refractivity (Wildman–Crippen MR) is 454 cm³/mol. The Labute approximate surface area is 744 Å². The minimum Gasteiger partial charge on any atom is -0.458 e. The molecule has 1 N–H and O–H groups in total. The Morgan fingerprint density at radius 1 is 0.571 bits per heavy atom. The normalized spacial score (nSPS) is 43.7. The first kappa shape index (κ1) is 103. The van der Waals surface area contributed by atoms with Gasteiger partial charge in [0.05, 0.1) is 103 Å². The molecule has 716 valence electrons. The molecule has 0 unspecified atom stereocenters. The van der Waals surface area contributed by atoms with E-state index in [2.05, 4.69) is 10.3 Å². The number of likely N-dealkylation sites (N-methyl/N-ethyl adjacent to an activating group) is 3. The number of fused-ring (bicyclic) bond motifs is 1. The SMILES string of the molecule is CCNC(=O)CN1C(=O)O[C@]2(C)[C@@H](CC)OC(=O)[C@H](C)[C@@H](O[C@H]3C[C@@](C)(OC)[C@@]4(CO4)[C@H](C)O3)[C@H](C)[C@@H](O[C@@H]3O[C@H](C)C[C@H](N(C)C)[C@H]3OC(C)=O)[C@@](C)(OC)C[C@@H](C)C(=O)[C@H](C)[C@@H]12.CC[C@H]1OC(=O)[C@H](C)[C@@H](O[C@H]2C[C@@](C)(OC)[C@@]3(CO3)[C@H](C)O2)[C@H](C)[C@@H](O[C@@H]2O[C@H](C)C[C@H](N(C)C)[C@H]2OC(C)=O)[C@@](C)(OC)C[C@@H](C)C(=O)/C(C)=C/[C@]1(C)OC(=O)n1ccnc1. The van der Waals surface area contributed by atoms with E-state index in [0.717, 1.165) is 4.57 Å². The maximum Gasteiger partial charge on any atom is 0.420 e. The molecule has 0 aliphatic carbocycles. The van der Waals surface area contributed by atoms with E-state index in [-0.39, 0.29) is 80.9 Å². The zero-order chi connectivity index (χ0) is 94.0. The number of ketones is 2. The van der Waals surface area contributed by atoms with Crippen LogP contribution in [0, 0.1) is 41.4 Å². The number of carbonyl (C=O) groups excluding carboxylic acids is 9. The van der Waals surface area contributed by atoms with Gasteiger partial charge in [0, 0.05) is 104 Å². The number of hydrogen-bond acceptors (Lipinski definition) is 32. The summed E-state index contributed by atoms with van der Waals surface area (Å²) in [6, 6.07) is -1.57. The van der Waals surface area contributed by atoms with Crippen molar-refractivity contribution in [2.45, 2.75) is 372 Å². The standard InChI is InChI=1S/C46H77N3O15.C45H71N3O14/c1-17-32-45(12)38(49(42(54)64-45)22-33(51)47-18-2)26(5)35(52)24(3)20-43(10,55-15)39(63-41-37(60-30(9)50)31(48(13)14)19-25(4)58-41)27(6)36(28(7)40(53)61-32)62-34-21-44(11,56-16)46(23-57-46)29(8)59-34;1-16-33-42(9,62-41(52)48-18-17-46-24-48)20-25(2)35(50)26(3)21-43(10,53-14)38(61-40-37(58-31(8)49)32(47(12)13)19-27(4)56-40)28(5)36(29(6)39(51)59-33)60-34-22-44(11,54-15)45(23-55-45)30(7)57-34/h24-29,31-32,34,36-39,41H,17-23H2,1-16H3,(H,47,51);17-18,20,24,26-30,32-34,36-38,40H,16,19,21-23H2,1-15H3/b;25-20+/t24-,25-,26+,27+,28-,29+,31+,32-,34+,36+,37-,38-,39-,41+,43+,44-,45-,46-;26-,27-,28+,29-,30+,32+,33-,34+,36+,37-,38-,40+,42+,43+,44-,45-/m11/s1. The van der Waals surface area contributed by atoms with Gasteiger partial charge in [-0.15, -0.1) is 0 Å². The van der Waals surface area contributed by atoms with Crippen molar-refractivity contribution < 1.29 is 138 Å². The molecule has 8 saturated heterocycles. The summed E-state index contributed by atoms with van der Waals surface area (Å²) in [5, 5.41) is 2.73. The highest BCUT2D eigenvalue weighted by atomic mass is 16.8. The van der Waals surface area contributed by atoms with Crippen LogP contribution in [0.15, 0.2) is 30.4 Å². The molecule has 2 spiro atoms. The lowest BCUT2D eigenvalue weighted by Gasteiger charge is -2.50. The Bertz CT molecular complexity index is 3960. The Kier molecular flexibility index (Phi) is 33.9. The molecule has 126 heavy (non-hydrogen) atoms. The largest absolute Gasteiger partial charge is 0.458 e. The number of ether oxygens (including phenoxy) is 20. The van der Waals surface area contributed by atoms with Crippen LogP contribution in [0.3, 0.4) is 0 Å². The fraction of sp³-hybridized carbons (Fsp3) is 0.846. The maximum atomic E-state index is 14.9. The van der Waals surface area contributed by atoms with Gasteiger partial charge in [-0.1, -0.05) is 48.5 Å². The lowest BCUT2D eigenvalue weighted by Crippen LogP contribution is -2.62. The summed E-state index contributed by atoms with van der Waals surface area (Å²) in [7, 11) is 13.9. The second kappa shape index (κ2) is 41.3. The third kappa shape index (κ3) is 21.6. The first-order valence-electron chi connectivity index (χ1n) is 44.9. The quantitative estimate of drug-likeness (QED) is 0.0641. The average molecular weight is 1790 g/mol. The molecule has 34 atom stereocenters. The second-order valence-electron chi connectivity index (χ2n) is 38.4. The number of rotatable bonds is 22. The summed E-state index contributed by atoms with van der Waals surface area (Å²) in [6.45, 7) is 41.6. The Balaban J connectivity index is 0.000000285. The maximum absolute atomic E-state index is 14.9. The molecule has 0 bridgehead atoms. The first-order chi connectivity index (χ1) is 58.8. The molecule has 9 aliphatic heterocycles. The Morgan fingerprint density at radius 3 is 1.39 bits per heavy atom. The highest BCUT2D eigenvalue weighted by Crippen LogP contribution is 2.54. The van der Waals surface area contributed by atoms with Crippen molar-refractivity contribution in [3.05, 3.63) is 30.4 Å². The van der Waals surface area contributed by atoms with Gasteiger partial charge in [0.1, 0.15) is 53.3 Å². The van der Waals surface area contributed by atoms with Crippen LogP contribution in [0.25, 0.3) is 0 Å². The lowest BCUT2D eigenvalue weighted by atomic mass is 9.73. The lowest BCUT2D eigenvalue weighted by molar-refractivity contribution is -0.318. The van der Waals surface area contributed by atoms with E-state index >= 15 is 0 Å². The molecule has 1 aromatic rings. The molecule has 0 aromatic carbocycles. The number of allylic oxidation sites excluding steroid dienone is 1. The fourth-order valence-corrected chi connectivity index (χ4v) is 21.1. The van der Waals surface area contributed by atoms with E-state index in [0.29, 0.717) is 38.2 Å². The highest BCUT2D eigenvalue weighted by molar-refractivity contribution is 5.96. The van der Waals surface area contributed by atoms with Crippen molar-refractivity contribution in [1.82, 2.24) is 29.6 Å². The minimum atomic E-state index is -1.60. The van der Waals surface area contributed by atoms with E-state index in [1.807, 2.05) is 107 Å². The smallest absolute Gasteiger partial charge is 0.420 e. The van der Waals surface area contributed by atoms with Crippen LogP contribution in [0.4, 0.5) is 9.59 Å². The van der Waals surface area contributed by atoms with E-state index in [1.54, 1.807) is 104 Å². The zero-order valence-electron chi connectivity index (χ0n) is 80.4. The van der Waals surface area contributed by atoms with Gasteiger partial charge in [-0.05, 0) is 175 Å². The van der Waals surface area contributed by atoms with Gasteiger partial charge in [0.2, 0.25) is 5.91 Å². The topological polar surface area (TPSA) is 384 Å². The highest BCUT2D eigenvalue weighted by Gasteiger charge is 2.70. The second-order valence-corrected chi connectivity index (χ2v) is 38.4. The third-order valence-electron chi connectivity index (χ3n) is 28.8. The molecule has 10 rings (SSSR count). The number of epoxide rings is 2. The number of amides is 2. The van der Waals surface area contributed by atoms with Crippen LogP contribution in [-0.2, 0) is 128 Å². The molecule has 0 saturated carbocycles. The number of nitrogens with one attached hydrogen (secondary N) is 1. The number of imidazole rings is 1. The molecule has 9 aliphatic rings. The van der Waals surface area contributed by atoms with Gasteiger partial charge >= 0.3 is 36.1 Å². The number of nitrogens with zero attached hydrogens (tertiary/aromatic N) is 5. The van der Waals surface area contributed by atoms with Crippen LogP contribution in [0.2, 0.25) is 0 Å². The molecule has 2 amide bonds. The van der Waals surface area contributed by atoms with Crippen molar-refractivity contribution in [3.8, 4) is 0 Å². The van der Waals surface area contributed by atoms with E-state index < -0.39 is 220 Å². The van der Waals surface area contributed by atoms with E-state index in [1.165, 1.54) is 44.6 Å². The average Bonchev–Trinajstić information content (AvgIpc) is 1.52. The number of carbonyl (C=O) groups is 9.